The van der Waals surface area contributed by atoms with Gasteiger partial charge in [0.25, 0.3) is 0 Å². The molecule has 0 N–H and O–H groups in total. The van der Waals surface area contributed by atoms with Gasteiger partial charge >= 0.3 is 0 Å². The zero-order valence-corrected chi connectivity index (χ0v) is 7.31. The van der Waals surface area contributed by atoms with E-state index in [-0.39, 0.29) is 0 Å². The van der Waals surface area contributed by atoms with Crippen molar-refractivity contribution < 1.29 is 0 Å². The first-order valence-corrected chi connectivity index (χ1v) is 5.39. The van der Waals surface area contributed by atoms with Gasteiger partial charge in [-0.1, -0.05) is 6.42 Å². The zero-order valence-electron chi connectivity index (χ0n) is 7.31. The fourth-order valence-corrected chi connectivity index (χ4v) is 3.83. The highest BCUT2D eigenvalue weighted by Gasteiger charge is 2.50. The summed E-state index contributed by atoms with van der Waals surface area (Å²) in [5, 5.41) is 0. The molecule has 0 spiro atoms. The summed E-state index contributed by atoms with van der Waals surface area (Å²) < 4.78 is 0. The highest BCUT2D eigenvalue weighted by molar-refractivity contribution is 5.01. The molecule has 0 radical (unpaired) electrons. The molecule has 0 unspecified atom stereocenters. The van der Waals surface area contributed by atoms with Crippen LogP contribution in [-0.4, -0.2) is 0 Å². The largest absolute Gasteiger partial charge is 0.0527 e. The van der Waals surface area contributed by atoms with Gasteiger partial charge in [0.1, 0.15) is 0 Å². The molecule has 62 valence electrons. The molecule has 0 heterocycles. The third kappa shape index (κ3) is 0.761. The molecule has 0 aliphatic heterocycles. The summed E-state index contributed by atoms with van der Waals surface area (Å²) in [6, 6.07) is 0. The van der Waals surface area contributed by atoms with Crippen molar-refractivity contribution in [3.8, 4) is 0 Å². The van der Waals surface area contributed by atoms with Gasteiger partial charge in [0.15, 0.2) is 0 Å². The molecule has 0 aromatic carbocycles. The summed E-state index contributed by atoms with van der Waals surface area (Å²) in [6.45, 7) is 0. The minimum absolute atomic E-state index is 0.906. The molecule has 2 bridgehead atoms. The fraction of sp³-hybridized carbons (Fsp3) is 1.00. The van der Waals surface area contributed by atoms with Crippen LogP contribution in [0.3, 0.4) is 0 Å². The van der Waals surface area contributed by atoms with Crippen LogP contribution in [0.1, 0.15) is 51.4 Å². The molecule has 0 nitrogen and oxygen atoms in total. The van der Waals surface area contributed by atoms with Crippen molar-refractivity contribution in [3.05, 3.63) is 0 Å². The number of hydrogen-bond donors (Lipinski definition) is 0. The summed E-state index contributed by atoms with van der Waals surface area (Å²) in [5.74, 6) is 2.34. The highest BCUT2D eigenvalue weighted by Crippen LogP contribution is 2.62. The Morgan fingerprint density at radius 2 is 1.64 bits per heavy atom. The van der Waals surface area contributed by atoms with E-state index in [1.54, 1.807) is 44.9 Å². The normalized spacial score (nSPS) is 49.6. The van der Waals surface area contributed by atoms with Gasteiger partial charge in [0, 0.05) is 0 Å². The van der Waals surface area contributed by atoms with E-state index in [0.29, 0.717) is 0 Å². The Hall–Kier alpha value is 0. The van der Waals surface area contributed by atoms with Crippen LogP contribution < -0.4 is 0 Å². The molecule has 0 saturated heterocycles. The van der Waals surface area contributed by atoms with Crippen molar-refractivity contribution in [3.63, 3.8) is 0 Å². The number of rotatable bonds is 1. The first-order chi connectivity index (χ1) is 5.39. The van der Waals surface area contributed by atoms with E-state index >= 15 is 0 Å². The van der Waals surface area contributed by atoms with Gasteiger partial charge in [-0.05, 0) is 62.2 Å². The maximum atomic E-state index is 1.62. The molecule has 3 aliphatic rings. The lowest BCUT2D eigenvalue weighted by atomic mass is 9.64. The minimum Gasteiger partial charge on any atom is -0.0527 e. The van der Waals surface area contributed by atoms with Crippen LogP contribution in [0, 0.1) is 17.3 Å². The Kier molecular flexibility index (Phi) is 1.20. The smallest absolute Gasteiger partial charge is 0.0266 e. The van der Waals surface area contributed by atoms with E-state index in [9.17, 15) is 0 Å². The van der Waals surface area contributed by atoms with E-state index in [2.05, 4.69) is 0 Å². The maximum absolute atomic E-state index is 1.62. The van der Waals surface area contributed by atoms with Gasteiger partial charge in [-0.3, -0.25) is 0 Å². The van der Waals surface area contributed by atoms with Crippen LogP contribution in [0.25, 0.3) is 0 Å². The molecule has 0 aromatic rings. The average Bonchev–Trinajstić information content (AvgIpc) is 2.41. The molecule has 3 rings (SSSR count). The summed E-state index contributed by atoms with van der Waals surface area (Å²) >= 11 is 0. The van der Waals surface area contributed by atoms with E-state index in [4.69, 9.17) is 0 Å². The Bertz CT molecular complexity index is 159. The molecule has 3 fully saturated rings. The molecule has 0 amide bonds. The Labute approximate surface area is 69.4 Å². The van der Waals surface area contributed by atoms with Gasteiger partial charge in [-0.2, -0.15) is 0 Å². The maximum Gasteiger partial charge on any atom is -0.0266 e. The standard InChI is InChI=1S/C11H18/c1-2-10(3-1)11-6-4-9(8-11)5-7-11/h9-10H,1-8H2. The molecule has 3 aliphatic carbocycles. The van der Waals surface area contributed by atoms with Gasteiger partial charge in [0.2, 0.25) is 0 Å². The summed E-state index contributed by atoms with van der Waals surface area (Å²) in [6.07, 6.45) is 12.7. The third-order valence-corrected chi connectivity index (χ3v) is 4.77. The van der Waals surface area contributed by atoms with Crippen LogP contribution in [0.2, 0.25) is 0 Å². The number of hydrogen-bond acceptors (Lipinski definition) is 0. The summed E-state index contributed by atoms with van der Waals surface area (Å²) in [5.41, 5.74) is 0.906. The van der Waals surface area contributed by atoms with Gasteiger partial charge < -0.3 is 0 Å². The van der Waals surface area contributed by atoms with Crippen molar-refractivity contribution >= 4 is 0 Å². The lowest BCUT2D eigenvalue weighted by molar-refractivity contribution is 0.0921. The first kappa shape index (κ1) is 6.51. The van der Waals surface area contributed by atoms with Crippen LogP contribution in [0.15, 0.2) is 0 Å². The highest BCUT2D eigenvalue weighted by atomic mass is 14.6. The average molecular weight is 150 g/mol. The zero-order chi connectivity index (χ0) is 7.31. The van der Waals surface area contributed by atoms with E-state index < -0.39 is 0 Å². The third-order valence-electron chi connectivity index (χ3n) is 4.77. The second-order valence-electron chi connectivity index (χ2n) is 5.14. The van der Waals surface area contributed by atoms with Crippen molar-refractivity contribution in [2.45, 2.75) is 51.4 Å². The lowest BCUT2D eigenvalue weighted by Crippen LogP contribution is -2.31. The quantitative estimate of drug-likeness (QED) is 0.537. The van der Waals surface area contributed by atoms with Crippen molar-refractivity contribution in [2.24, 2.45) is 17.3 Å². The van der Waals surface area contributed by atoms with Crippen molar-refractivity contribution in [2.75, 3.05) is 0 Å². The number of fused-ring (bicyclic) bond motifs is 2. The minimum atomic E-state index is 0.906. The van der Waals surface area contributed by atoms with Gasteiger partial charge in [0.05, 0.1) is 0 Å². The first-order valence-electron chi connectivity index (χ1n) is 5.39. The molecule has 0 aromatic heterocycles. The lowest BCUT2D eigenvalue weighted by Gasteiger charge is -2.41. The Morgan fingerprint density at radius 1 is 0.909 bits per heavy atom. The molecule has 3 saturated carbocycles. The van der Waals surface area contributed by atoms with E-state index in [1.807, 2.05) is 0 Å². The molecule has 0 atom stereocenters. The predicted octanol–water partition coefficient (Wildman–Crippen LogP) is 3.37. The molecule has 11 heavy (non-hydrogen) atoms. The molecular formula is C11H18. The van der Waals surface area contributed by atoms with Crippen LogP contribution in [0.4, 0.5) is 0 Å². The van der Waals surface area contributed by atoms with E-state index in [1.165, 1.54) is 12.3 Å². The predicted molar refractivity (Wildman–Crippen MR) is 46.3 cm³/mol. The van der Waals surface area contributed by atoms with Crippen LogP contribution in [-0.2, 0) is 0 Å². The van der Waals surface area contributed by atoms with Crippen molar-refractivity contribution in [1.29, 1.82) is 0 Å². The van der Waals surface area contributed by atoms with Gasteiger partial charge in [-0.15, -0.1) is 0 Å². The summed E-state index contributed by atoms with van der Waals surface area (Å²) in [7, 11) is 0. The Morgan fingerprint density at radius 3 is 2.00 bits per heavy atom. The molecular weight excluding hydrogens is 132 g/mol. The van der Waals surface area contributed by atoms with Crippen molar-refractivity contribution in [1.82, 2.24) is 0 Å². The molecule has 0 heteroatoms. The van der Waals surface area contributed by atoms with Gasteiger partial charge in [-0.25, -0.2) is 0 Å². The van der Waals surface area contributed by atoms with Crippen LogP contribution >= 0.6 is 0 Å². The monoisotopic (exact) mass is 150 g/mol. The fourth-order valence-electron chi connectivity index (χ4n) is 3.83. The second kappa shape index (κ2) is 2.02. The SMILES string of the molecule is C1CC(C23CCC(CC2)C3)C1. The topological polar surface area (TPSA) is 0 Å². The van der Waals surface area contributed by atoms with Crippen LogP contribution in [0.5, 0.6) is 0 Å². The second-order valence-corrected chi connectivity index (χ2v) is 5.14. The Balaban J connectivity index is 1.82. The van der Waals surface area contributed by atoms with E-state index in [0.717, 1.165) is 11.3 Å². The summed E-state index contributed by atoms with van der Waals surface area (Å²) in [4.78, 5) is 0.